The molecule has 1 aromatic rings. The quantitative estimate of drug-likeness (QED) is 0.794. The fourth-order valence-electron chi connectivity index (χ4n) is 5.47. The molecule has 1 saturated carbocycles. The van der Waals surface area contributed by atoms with Crippen molar-refractivity contribution in [2.45, 2.75) is 52.5 Å². The van der Waals surface area contributed by atoms with E-state index in [0.717, 1.165) is 45.4 Å². The van der Waals surface area contributed by atoms with E-state index in [0.29, 0.717) is 17.7 Å². The van der Waals surface area contributed by atoms with Gasteiger partial charge in [0.2, 0.25) is 11.8 Å². The van der Waals surface area contributed by atoms with Gasteiger partial charge in [0.05, 0.1) is 0 Å². The van der Waals surface area contributed by atoms with Crippen LogP contribution in [0.25, 0.3) is 0 Å². The van der Waals surface area contributed by atoms with E-state index in [4.69, 9.17) is 0 Å². The summed E-state index contributed by atoms with van der Waals surface area (Å²) in [6, 6.07) is 0. The van der Waals surface area contributed by atoms with Crippen molar-refractivity contribution < 1.29 is 9.59 Å². The van der Waals surface area contributed by atoms with Gasteiger partial charge in [0.1, 0.15) is 12.9 Å². The molecule has 148 valence electrons. The molecule has 0 radical (unpaired) electrons. The molecule has 2 saturated heterocycles. The second-order valence-electron chi connectivity index (χ2n) is 8.97. The number of amides is 2. The number of rotatable bonds is 3. The average Bonchev–Trinajstić information content (AvgIpc) is 3.15. The number of carbonyl (C=O) groups is 2. The monoisotopic (exact) mass is 374 g/mol. The van der Waals surface area contributed by atoms with E-state index in [-0.39, 0.29) is 23.8 Å². The van der Waals surface area contributed by atoms with E-state index in [1.54, 1.807) is 0 Å². The lowest BCUT2D eigenvalue weighted by atomic mass is 9.65. The fraction of sp³-hybridized carbons (Fsp3) is 0.842. The third kappa shape index (κ3) is 3.58. The largest absolute Gasteiger partial charge is 0.342 e. The first kappa shape index (κ1) is 18.4. The van der Waals surface area contributed by atoms with Crippen molar-refractivity contribution in [3.8, 4) is 0 Å². The summed E-state index contributed by atoms with van der Waals surface area (Å²) in [5.74, 6) is 1.71. The molecule has 8 nitrogen and oxygen atoms in total. The number of hydrogen-bond donors (Lipinski definition) is 0. The van der Waals surface area contributed by atoms with Gasteiger partial charge >= 0.3 is 0 Å². The molecule has 0 aromatic carbocycles. The van der Waals surface area contributed by atoms with Crippen LogP contribution in [0, 0.1) is 23.2 Å². The van der Waals surface area contributed by atoms with Gasteiger partial charge in [0.25, 0.3) is 0 Å². The Morgan fingerprint density at radius 2 is 1.81 bits per heavy atom. The van der Waals surface area contributed by atoms with Gasteiger partial charge in [-0.25, -0.2) is 4.68 Å². The number of piperidine rings is 2. The van der Waals surface area contributed by atoms with Crippen molar-refractivity contribution in [1.82, 2.24) is 30.0 Å². The van der Waals surface area contributed by atoms with Gasteiger partial charge in [0, 0.05) is 32.1 Å². The van der Waals surface area contributed by atoms with Crippen LogP contribution in [0.2, 0.25) is 0 Å². The van der Waals surface area contributed by atoms with Crippen molar-refractivity contribution in [1.29, 1.82) is 0 Å². The molecule has 1 aromatic heterocycles. The number of likely N-dealkylation sites (tertiary alicyclic amines) is 2. The van der Waals surface area contributed by atoms with Crippen LogP contribution in [0.3, 0.4) is 0 Å². The first-order valence-electron chi connectivity index (χ1n) is 10.2. The predicted octanol–water partition coefficient (Wildman–Crippen LogP) is 1.20. The summed E-state index contributed by atoms with van der Waals surface area (Å²) in [6.45, 7) is 7.91. The fourth-order valence-corrected chi connectivity index (χ4v) is 5.47. The van der Waals surface area contributed by atoms with Crippen molar-refractivity contribution in [2.75, 3.05) is 26.2 Å². The molecule has 3 heterocycles. The highest BCUT2D eigenvalue weighted by Crippen LogP contribution is 2.44. The second-order valence-corrected chi connectivity index (χ2v) is 8.97. The Balaban J connectivity index is 1.33. The van der Waals surface area contributed by atoms with Crippen LogP contribution in [0.1, 0.15) is 46.0 Å². The highest BCUT2D eigenvalue weighted by atomic mass is 16.2. The molecule has 1 spiro atoms. The Hall–Kier alpha value is -1.99. The first-order valence-corrected chi connectivity index (χ1v) is 10.2. The van der Waals surface area contributed by atoms with Gasteiger partial charge in [0.15, 0.2) is 0 Å². The van der Waals surface area contributed by atoms with Crippen LogP contribution in [0.5, 0.6) is 0 Å². The standard InChI is InChI=1S/C19H30N6O2/c1-14-10-15(2)17(14)18(27)24-7-3-4-19(12-24)5-8-23(9-6-19)16(26)11-25-13-20-21-22-25/h13-15,17H,3-12H2,1-2H3. The van der Waals surface area contributed by atoms with Crippen LogP contribution >= 0.6 is 0 Å². The molecule has 3 aliphatic rings. The third-order valence-corrected chi connectivity index (χ3v) is 7.09. The zero-order valence-electron chi connectivity index (χ0n) is 16.4. The smallest absolute Gasteiger partial charge is 0.244 e. The molecule has 2 atom stereocenters. The van der Waals surface area contributed by atoms with Gasteiger partial charge in [-0.2, -0.15) is 0 Å². The summed E-state index contributed by atoms with van der Waals surface area (Å²) in [5, 5.41) is 10.9. The molecule has 2 unspecified atom stereocenters. The molecule has 2 amide bonds. The third-order valence-electron chi connectivity index (χ3n) is 7.09. The maximum absolute atomic E-state index is 13.0. The summed E-state index contributed by atoms with van der Waals surface area (Å²) in [7, 11) is 0. The van der Waals surface area contributed by atoms with E-state index in [9.17, 15) is 9.59 Å². The summed E-state index contributed by atoms with van der Waals surface area (Å²) in [4.78, 5) is 29.5. The van der Waals surface area contributed by atoms with Gasteiger partial charge in [-0.1, -0.05) is 13.8 Å². The Morgan fingerprint density at radius 3 is 2.44 bits per heavy atom. The highest BCUT2D eigenvalue weighted by molar-refractivity contribution is 5.80. The van der Waals surface area contributed by atoms with Crippen LogP contribution < -0.4 is 0 Å². The Labute approximate surface area is 160 Å². The summed E-state index contributed by atoms with van der Waals surface area (Å²) < 4.78 is 1.47. The van der Waals surface area contributed by atoms with E-state index in [2.05, 4.69) is 34.3 Å². The van der Waals surface area contributed by atoms with Crippen LogP contribution in [-0.2, 0) is 16.1 Å². The number of nitrogens with zero attached hydrogens (tertiary/aromatic N) is 6. The lowest BCUT2D eigenvalue weighted by molar-refractivity contribution is -0.150. The van der Waals surface area contributed by atoms with Gasteiger partial charge in [-0.05, 0) is 59.8 Å². The van der Waals surface area contributed by atoms with Crippen molar-refractivity contribution in [3.63, 3.8) is 0 Å². The van der Waals surface area contributed by atoms with Gasteiger partial charge < -0.3 is 9.80 Å². The Kier molecular flexibility index (Phi) is 4.90. The number of aromatic nitrogens is 4. The van der Waals surface area contributed by atoms with Gasteiger partial charge in [-0.15, -0.1) is 5.10 Å². The van der Waals surface area contributed by atoms with Crippen LogP contribution in [0.15, 0.2) is 6.33 Å². The molecular formula is C19H30N6O2. The molecule has 8 heteroatoms. The van der Waals surface area contributed by atoms with Crippen LogP contribution in [-0.4, -0.2) is 68.0 Å². The SMILES string of the molecule is CC1CC(C)C1C(=O)N1CCCC2(CCN(C(=O)Cn3cnnn3)CC2)C1. The molecular weight excluding hydrogens is 344 g/mol. The van der Waals surface area contributed by atoms with E-state index in [1.165, 1.54) is 23.9 Å². The zero-order valence-corrected chi connectivity index (χ0v) is 16.4. The lowest BCUT2D eigenvalue weighted by Gasteiger charge is -2.50. The molecule has 0 N–H and O–H groups in total. The van der Waals surface area contributed by atoms with Gasteiger partial charge in [-0.3, -0.25) is 9.59 Å². The Morgan fingerprint density at radius 1 is 1.07 bits per heavy atom. The minimum Gasteiger partial charge on any atom is -0.342 e. The first-order chi connectivity index (χ1) is 13.0. The molecule has 3 fully saturated rings. The van der Waals surface area contributed by atoms with Crippen molar-refractivity contribution in [2.24, 2.45) is 23.2 Å². The van der Waals surface area contributed by atoms with Crippen LogP contribution in [0.4, 0.5) is 0 Å². The Bertz CT molecular complexity index is 674. The van der Waals surface area contributed by atoms with E-state index < -0.39 is 0 Å². The van der Waals surface area contributed by atoms with Crippen molar-refractivity contribution >= 4 is 11.8 Å². The minimum absolute atomic E-state index is 0.0676. The molecule has 0 bridgehead atoms. The highest BCUT2D eigenvalue weighted by Gasteiger charge is 2.46. The second kappa shape index (κ2) is 7.20. The molecule has 4 rings (SSSR count). The normalized spacial score (nSPS) is 30.2. The lowest BCUT2D eigenvalue weighted by Crippen LogP contribution is -2.55. The average molecular weight is 374 g/mol. The maximum Gasteiger partial charge on any atom is 0.244 e. The maximum atomic E-state index is 13.0. The van der Waals surface area contributed by atoms with Crippen molar-refractivity contribution in [3.05, 3.63) is 6.33 Å². The number of hydrogen-bond acceptors (Lipinski definition) is 5. The molecule has 2 aliphatic heterocycles. The number of carbonyl (C=O) groups excluding carboxylic acids is 2. The van der Waals surface area contributed by atoms with E-state index in [1.807, 2.05) is 4.90 Å². The number of tetrazole rings is 1. The molecule has 1 aliphatic carbocycles. The van der Waals surface area contributed by atoms with E-state index >= 15 is 0 Å². The predicted molar refractivity (Wildman–Crippen MR) is 98.3 cm³/mol. The zero-order chi connectivity index (χ0) is 19.0. The summed E-state index contributed by atoms with van der Waals surface area (Å²) >= 11 is 0. The topological polar surface area (TPSA) is 84.2 Å². The summed E-state index contributed by atoms with van der Waals surface area (Å²) in [5.41, 5.74) is 0.190. The minimum atomic E-state index is 0.0676. The molecule has 27 heavy (non-hydrogen) atoms. The summed E-state index contributed by atoms with van der Waals surface area (Å²) in [6.07, 6.45) is 6.85.